The molecule has 0 bridgehead atoms. The molecule has 0 atom stereocenters. The van der Waals surface area contributed by atoms with Crippen molar-refractivity contribution in [2.45, 2.75) is 20.3 Å². The summed E-state index contributed by atoms with van der Waals surface area (Å²) in [6, 6.07) is 21.0. The van der Waals surface area contributed by atoms with E-state index in [1.54, 1.807) is 0 Å². The fourth-order valence-electron chi connectivity index (χ4n) is 3.95. The minimum atomic E-state index is 0.734. The van der Waals surface area contributed by atoms with E-state index in [1.165, 1.54) is 22.0 Å². The summed E-state index contributed by atoms with van der Waals surface area (Å²) in [5.74, 6) is 1.56. The number of hydrogen-bond acceptors (Lipinski definition) is 4. The average molecular weight is 420 g/mol. The van der Waals surface area contributed by atoms with Crippen LogP contribution in [-0.2, 0) is 6.42 Å². The third kappa shape index (κ3) is 4.23. The molecule has 0 fully saturated rings. The molecule has 2 N–H and O–H groups in total. The topological polar surface area (TPSA) is 66.5 Å². The second kappa shape index (κ2) is 8.63. The maximum atomic E-state index is 4.66. The Morgan fingerprint density at radius 2 is 1.66 bits per heavy atom. The van der Waals surface area contributed by atoms with Crippen LogP contribution in [0.15, 0.2) is 79.3 Å². The van der Waals surface area contributed by atoms with Gasteiger partial charge in [0.15, 0.2) is 0 Å². The number of aryl methyl sites for hydroxylation is 2. The van der Waals surface area contributed by atoms with Gasteiger partial charge in [-0.25, -0.2) is 9.97 Å². The van der Waals surface area contributed by atoms with Crippen molar-refractivity contribution in [2.75, 3.05) is 11.9 Å². The van der Waals surface area contributed by atoms with Crippen LogP contribution < -0.4 is 5.32 Å². The van der Waals surface area contributed by atoms with Gasteiger partial charge in [-0.05, 0) is 43.5 Å². The third-order valence-corrected chi connectivity index (χ3v) is 5.63. The Labute approximate surface area is 187 Å². The number of pyridine rings is 1. The molecule has 5 heteroatoms. The van der Waals surface area contributed by atoms with Crippen LogP contribution in [0.3, 0.4) is 0 Å². The molecule has 0 aliphatic rings. The average Bonchev–Trinajstić information content (AvgIpc) is 3.22. The van der Waals surface area contributed by atoms with Gasteiger partial charge in [0.2, 0.25) is 0 Å². The molecule has 0 aliphatic carbocycles. The minimum Gasteiger partial charge on any atom is -0.370 e. The summed E-state index contributed by atoms with van der Waals surface area (Å²) >= 11 is 0. The number of hydrogen-bond donors (Lipinski definition) is 2. The van der Waals surface area contributed by atoms with Crippen LogP contribution >= 0.6 is 0 Å². The number of aromatic nitrogens is 4. The lowest BCUT2D eigenvalue weighted by molar-refractivity contribution is 0.988. The van der Waals surface area contributed by atoms with Crippen molar-refractivity contribution in [1.29, 1.82) is 0 Å². The molecule has 0 amide bonds. The molecular formula is C27H25N5. The monoisotopic (exact) mass is 419 g/mol. The summed E-state index contributed by atoms with van der Waals surface area (Å²) in [7, 11) is 0. The number of nitrogens with zero attached hydrogens (tertiary/aromatic N) is 3. The van der Waals surface area contributed by atoms with Crippen molar-refractivity contribution in [3.63, 3.8) is 0 Å². The van der Waals surface area contributed by atoms with Crippen molar-refractivity contribution >= 4 is 16.7 Å². The van der Waals surface area contributed by atoms with Gasteiger partial charge in [-0.1, -0.05) is 48.0 Å². The molecule has 0 aliphatic heterocycles. The van der Waals surface area contributed by atoms with E-state index in [1.807, 2.05) is 25.4 Å². The number of aromatic amines is 1. The molecular weight excluding hydrogens is 394 g/mol. The van der Waals surface area contributed by atoms with Gasteiger partial charge < -0.3 is 10.3 Å². The Hall–Kier alpha value is -3.99. The fraction of sp³-hybridized carbons (Fsp3) is 0.148. The molecule has 0 radical (unpaired) electrons. The Balaban J connectivity index is 1.35. The number of benzene rings is 2. The van der Waals surface area contributed by atoms with E-state index in [-0.39, 0.29) is 0 Å². The Kier molecular flexibility index (Phi) is 5.38. The number of nitrogens with one attached hydrogen (secondary N) is 2. The zero-order valence-electron chi connectivity index (χ0n) is 18.3. The molecule has 5 rings (SSSR count). The number of anilines is 1. The van der Waals surface area contributed by atoms with E-state index in [9.17, 15) is 0 Å². The van der Waals surface area contributed by atoms with E-state index in [0.29, 0.717) is 0 Å². The van der Waals surface area contributed by atoms with Crippen LogP contribution in [0.2, 0.25) is 0 Å². The Morgan fingerprint density at radius 3 is 2.53 bits per heavy atom. The predicted octanol–water partition coefficient (Wildman–Crippen LogP) is 5.96. The lowest BCUT2D eigenvalue weighted by Crippen LogP contribution is -2.07. The molecule has 3 heterocycles. The summed E-state index contributed by atoms with van der Waals surface area (Å²) in [4.78, 5) is 17.0. The van der Waals surface area contributed by atoms with Crippen LogP contribution in [0.4, 0.5) is 5.82 Å². The highest BCUT2D eigenvalue weighted by molar-refractivity contribution is 5.83. The summed E-state index contributed by atoms with van der Waals surface area (Å²) in [5, 5.41) is 4.74. The second-order valence-electron chi connectivity index (χ2n) is 8.05. The lowest BCUT2D eigenvalue weighted by atomic mass is 10.0. The van der Waals surface area contributed by atoms with Crippen LogP contribution in [-0.4, -0.2) is 26.5 Å². The van der Waals surface area contributed by atoms with Crippen molar-refractivity contribution in [3.8, 4) is 22.4 Å². The molecule has 158 valence electrons. The first-order valence-electron chi connectivity index (χ1n) is 10.8. The summed E-state index contributed by atoms with van der Waals surface area (Å²) in [6.07, 6.45) is 6.75. The first-order valence-corrected chi connectivity index (χ1v) is 10.8. The highest BCUT2D eigenvalue weighted by Gasteiger charge is 2.08. The van der Waals surface area contributed by atoms with Gasteiger partial charge in [-0.15, -0.1) is 0 Å². The van der Waals surface area contributed by atoms with E-state index in [4.69, 9.17) is 0 Å². The SMILES string of the molecule is Cc1ccc(-c2cncc(-c3cc(NCCc4c[nH]c5ccccc45)nc(C)n3)c2)cc1. The first kappa shape index (κ1) is 19.9. The van der Waals surface area contributed by atoms with E-state index >= 15 is 0 Å². The quantitative estimate of drug-likeness (QED) is 0.356. The van der Waals surface area contributed by atoms with Crippen LogP contribution in [0.5, 0.6) is 0 Å². The second-order valence-corrected chi connectivity index (χ2v) is 8.05. The molecule has 0 saturated carbocycles. The summed E-state index contributed by atoms with van der Waals surface area (Å²) < 4.78 is 0. The molecule has 0 spiro atoms. The van der Waals surface area contributed by atoms with Gasteiger partial charge in [-0.2, -0.15) is 0 Å². The largest absolute Gasteiger partial charge is 0.370 e. The van der Waals surface area contributed by atoms with Crippen LogP contribution in [0, 0.1) is 13.8 Å². The van der Waals surface area contributed by atoms with Gasteiger partial charge in [0, 0.05) is 53.2 Å². The van der Waals surface area contributed by atoms with Crippen molar-refractivity contribution in [3.05, 3.63) is 96.2 Å². The fourth-order valence-corrected chi connectivity index (χ4v) is 3.95. The predicted molar refractivity (Wildman–Crippen MR) is 131 cm³/mol. The molecule has 3 aromatic heterocycles. The Bertz CT molecular complexity index is 1370. The number of rotatable bonds is 6. The number of para-hydroxylation sites is 1. The first-order chi connectivity index (χ1) is 15.7. The molecule has 32 heavy (non-hydrogen) atoms. The zero-order valence-corrected chi connectivity index (χ0v) is 18.3. The van der Waals surface area contributed by atoms with Gasteiger partial charge in [0.25, 0.3) is 0 Å². The van der Waals surface area contributed by atoms with Crippen molar-refractivity contribution in [1.82, 2.24) is 19.9 Å². The van der Waals surface area contributed by atoms with Gasteiger partial charge in [0.05, 0.1) is 5.69 Å². The van der Waals surface area contributed by atoms with E-state index < -0.39 is 0 Å². The highest BCUT2D eigenvalue weighted by atomic mass is 15.0. The molecule has 5 nitrogen and oxygen atoms in total. The molecule has 5 aromatic rings. The standard InChI is InChI=1S/C27H25N5/c1-18-7-9-20(10-8-18)22-13-23(16-28-15-22)26-14-27(32-19(2)31-26)29-12-11-21-17-30-25-6-4-3-5-24(21)25/h3-10,13-17,30H,11-12H2,1-2H3,(H,29,31,32). The maximum Gasteiger partial charge on any atom is 0.130 e. The molecule has 0 unspecified atom stereocenters. The van der Waals surface area contributed by atoms with Crippen molar-refractivity contribution in [2.24, 2.45) is 0 Å². The van der Waals surface area contributed by atoms with Gasteiger partial charge >= 0.3 is 0 Å². The normalized spacial score (nSPS) is 11.1. The van der Waals surface area contributed by atoms with Crippen molar-refractivity contribution < 1.29 is 0 Å². The van der Waals surface area contributed by atoms with E-state index in [2.05, 4.69) is 93.0 Å². The summed E-state index contributed by atoms with van der Waals surface area (Å²) in [6.45, 7) is 4.81. The molecule has 0 saturated heterocycles. The highest BCUT2D eigenvalue weighted by Crippen LogP contribution is 2.26. The number of fused-ring (bicyclic) bond motifs is 1. The summed E-state index contributed by atoms with van der Waals surface area (Å²) in [5.41, 5.74) is 7.78. The maximum absolute atomic E-state index is 4.66. The Morgan fingerprint density at radius 1 is 0.844 bits per heavy atom. The van der Waals surface area contributed by atoms with E-state index in [0.717, 1.165) is 47.0 Å². The minimum absolute atomic E-state index is 0.734. The van der Waals surface area contributed by atoms with Crippen LogP contribution in [0.25, 0.3) is 33.3 Å². The lowest BCUT2D eigenvalue weighted by Gasteiger charge is -2.10. The number of H-pyrrole nitrogens is 1. The van der Waals surface area contributed by atoms with Gasteiger partial charge in [-0.3, -0.25) is 4.98 Å². The third-order valence-electron chi connectivity index (χ3n) is 5.63. The smallest absolute Gasteiger partial charge is 0.130 e. The molecule has 2 aromatic carbocycles. The van der Waals surface area contributed by atoms with Crippen LogP contribution in [0.1, 0.15) is 17.0 Å². The zero-order chi connectivity index (χ0) is 21.9. The van der Waals surface area contributed by atoms with Gasteiger partial charge in [0.1, 0.15) is 11.6 Å².